The highest BCUT2D eigenvalue weighted by Crippen LogP contribution is 2.23. The smallest absolute Gasteiger partial charge is 0.407 e. The number of amides is 3. The molecule has 0 spiro atoms. The van der Waals surface area contributed by atoms with Crippen molar-refractivity contribution in [2.75, 3.05) is 41.7 Å². The number of carbonyl (C=O) groups excluding carboxylic acids is 1. The average Bonchev–Trinajstić information content (AvgIpc) is 2.90. The number of benzene rings is 1. The molecule has 2 aromatic heterocycles. The van der Waals surface area contributed by atoms with Crippen molar-refractivity contribution in [3.8, 4) is 0 Å². The van der Waals surface area contributed by atoms with Crippen LogP contribution in [-0.4, -0.2) is 69.3 Å². The normalized spacial score (nSPS) is 16.5. The summed E-state index contributed by atoms with van der Waals surface area (Å²) in [7, 11) is 0. The van der Waals surface area contributed by atoms with E-state index in [0.29, 0.717) is 31.6 Å². The van der Waals surface area contributed by atoms with Crippen molar-refractivity contribution in [3.05, 3.63) is 42.3 Å². The van der Waals surface area contributed by atoms with Crippen molar-refractivity contribution in [2.24, 2.45) is 0 Å². The fourth-order valence-electron chi connectivity index (χ4n) is 4.70. The van der Waals surface area contributed by atoms with Gasteiger partial charge in [0.2, 0.25) is 5.95 Å². The van der Waals surface area contributed by atoms with E-state index in [2.05, 4.69) is 35.8 Å². The molecule has 37 heavy (non-hydrogen) atoms. The highest BCUT2D eigenvalue weighted by atomic mass is 19.1. The Bertz CT molecular complexity index is 1270. The molecule has 3 aromatic rings. The number of carbonyl (C=O) groups is 2. The summed E-state index contributed by atoms with van der Waals surface area (Å²) in [6.45, 7) is 2.19. The summed E-state index contributed by atoms with van der Waals surface area (Å²) >= 11 is 0. The van der Waals surface area contributed by atoms with Crippen molar-refractivity contribution in [3.63, 3.8) is 0 Å². The minimum Gasteiger partial charge on any atom is -0.465 e. The molecular formula is C25H29FN8O3. The van der Waals surface area contributed by atoms with Crippen LogP contribution in [0.4, 0.5) is 37.1 Å². The number of piperazine rings is 1. The molecule has 1 aliphatic carbocycles. The van der Waals surface area contributed by atoms with Gasteiger partial charge in [-0.1, -0.05) is 19.3 Å². The van der Waals surface area contributed by atoms with Crippen LogP contribution in [0, 0.1) is 5.82 Å². The maximum Gasteiger partial charge on any atom is 0.407 e. The summed E-state index contributed by atoms with van der Waals surface area (Å²) in [5, 5.41) is 18.0. The summed E-state index contributed by atoms with van der Waals surface area (Å²) in [5.41, 5.74) is 1.99. The van der Waals surface area contributed by atoms with E-state index in [1.807, 2.05) is 24.3 Å². The zero-order valence-electron chi connectivity index (χ0n) is 20.3. The molecule has 12 heteroatoms. The van der Waals surface area contributed by atoms with E-state index in [9.17, 15) is 14.0 Å². The SMILES string of the molecule is O=C(Nc1nc2nc(Nc3ccc(N4CCN(C(=O)O)CC4)cc3)ncc2cc1F)NC1CCCCC1. The van der Waals surface area contributed by atoms with E-state index < -0.39 is 17.9 Å². The van der Waals surface area contributed by atoms with Gasteiger partial charge in [0.15, 0.2) is 17.3 Å². The molecular weight excluding hydrogens is 479 g/mol. The van der Waals surface area contributed by atoms with Crippen LogP contribution >= 0.6 is 0 Å². The van der Waals surface area contributed by atoms with Gasteiger partial charge < -0.3 is 25.5 Å². The van der Waals surface area contributed by atoms with Crippen LogP contribution in [0.5, 0.6) is 0 Å². The van der Waals surface area contributed by atoms with Crippen LogP contribution in [0.15, 0.2) is 36.5 Å². The predicted molar refractivity (Wildman–Crippen MR) is 138 cm³/mol. The maximum atomic E-state index is 14.5. The first-order valence-corrected chi connectivity index (χ1v) is 12.5. The molecule has 4 N–H and O–H groups in total. The average molecular weight is 509 g/mol. The number of rotatable bonds is 5. The van der Waals surface area contributed by atoms with Crippen molar-refractivity contribution in [1.82, 2.24) is 25.2 Å². The van der Waals surface area contributed by atoms with Gasteiger partial charge in [0, 0.05) is 55.2 Å². The standard InChI is InChI=1S/C25H29FN8O3/c26-20-14-16-15-27-23(31-21(16)30-22(20)32-24(35)29-17-4-2-1-3-5-17)28-18-6-8-19(9-7-18)33-10-12-34(13-11-33)25(36)37/h6-9,14-15,17H,1-5,10-13H2,(H,36,37)(H3,27,28,29,30,31,32,35). The monoisotopic (exact) mass is 508 g/mol. The number of nitrogens with zero attached hydrogens (tertiary/aromatic N) is 5. The van der Waals surface area contributed by atoms with Gasteiger partial charge in [0.1, 0.15) is 0 Å². The number of pyridine rings is 1. The highest BCUT2D eigenvalue weighted by molar-refractivity contribution is 5.90. The minimum atomic E-state index is -0.891. The molecule has 0 atom stereocenters. The summed E-state index contributed by atoms with van der Waals surface area (Å²) < 4.78 is 14.5. The molecule has 1 saturated carbocycles. The molecule has 11 nitrogen and oxygen atoms in total. The second kappa shape index (κ2) is 10.8. The predicted octanol–water partition coefficient (Wildman–Crippen LogP) is 4.16. The maximum absolute atomic E-state index is 14.5. The Kier molecular flexibility index (Phi) is 7.15. The van der Waals surface area contributed by atoms with Crippen LogP contribution in [0.1, 0.15) is 32.1 Å². The van der Waals surface area contributed by atoms with Crippen LogP contribution in [0.25, 0.3) is 11.0 Å². The summed E-state index contributed by atoms with van der Waals surface area (Å²) in [4.78, 5) is 39.8. The number of aromatic nitrogens is 3. The molecule has 3 heterocycles. The van der Waals surface area contributed by atoms with Gasteiger partial charge in [0.05, 0.1) is 0 Å². The molecule has 2 aliphatic rings. The second-order valence-electron chi connectivity index (χ2n) is 9.29. The molecule has 194 valence electrons. The number of hydrogen-bond acceptors (Lipinski definition) is 7. The van der Waals surface area contributed by atoms with Gasteiger partial charge in [-0.15, -0.1) is 0 Å². The van der Waals surface area contributed by atoms with E-state index in [1.54, 1.807) is 0 Å². The van der Waals surface area contributed by atoms with Crippen molar-refractivity contribution in [1.29, 1.82) is 0 Å². The van der Waals surface area contributed by atoms with E-state index in [0.717, 1.165) is 37.1 Å². The van der Waals surface area contributed by atoms with Gasteiger partial charge in [0.25, 0.3) is 0 Å². The fourth-order valence-corrected chi connectivity index (χ4v) is 4.70. The Morgan fingerprint density at radius 2 is 1.73 bits per heavy atom. The lowest BCUT2D eigenvalue weighted by Crippen LogP contribution is -2.48. The number of anilines is 4. The minimum absolute atomic E-state index is 0.0936. The molecule has 5 rings (SSSR count). The lowest BCUT2D eigenvalue weighted by Gasteiger charge is -2.34. The number of fused-ring (bicyclic) bond motifs is 1. The van der Waals surface area contributed by atoms with E-state index in [-0.39, 0.29) is 23.5 Å². The van der Waals surface area contributed by atoms with Gasteiger partial charge in [-0.05, 0) is 43.2 Å². The Morgan fingerprint density at radius 3 is 2.43 bits per heavy atom. The summed E-state index contributed by atoms with van der Waals surface area (Å²) in [6.07, 6.45) is 5.75. The lowest BCUT2D eigenvalue weighted by molar-refractivity contribution is 0.142. The van der Waals surface area contributed by atoms with Gasteiger partial charge in [-0.25, -0.2) is 23.9 Å². The van der Waals surface area contributed by atoms with Crippen LogP contribution in [0.2, 0.25) is 0 Å². The first kappa shape index (κ1) is 24.5. The van der Waals surface area contributed by atoms with Crippen LogP contribution in [-0.2, 0) is 0 Å². The quantitative estimate of drug-likeness (QED) is 0.403. The topological polar surface area (TPSA) is 136 Å². The zero-order chi connectivity index (χ0) is 25.8. The molecule has 1 aromatic carbocycles. The van der Waals surface area contributed by atoms with Crippen molar-refractivity contribution in [2.45, 2.75) is 38.1 Å². The zero-order valence-corrected chi connectivity index (χ0v) is 20.3. The third-order valence-electron chi connectivity index (χ3n) is 6.73. The number of hydrogen-bond donors (Lipinski definition) is 4. The van der Waals surface area contributed by atoms with Crippen LogP contribution in [0.3, 0.4) is 0 Å². The Hall–Kier alpha value is -4.22. The molecule has 0 bridgehead atoms. The van der Waals surface area contributed by atoms with Gasteiger partial charge in [-0.3, -0.25) is 5.32 Å². The molecule has 1 saturated heterocycles. The van der Waals surface area contributed by atoms with E-state index in [4.69, 9.17) is 5.11 Å². The summed E-state index contributed by atoms with van der Waals surface area (Å²) in [6, 6.07) is 8.52. The first-order chi connectivity index (χ1) is 17.9. The van der Waals surface area contributed by atoms with E-state index >= 15 is 0 Å². The molecule has 0 unspecified atom stereocenters. The lowest BCUT2D eigenvalue weighted by atomic mass is 9.96. The Labute approximate surface area is 213 Å². The fraction of sp³-hybridized carbons (Fsp3) is 0.400. The molecule has 2 fully saturated rings. The summed E-state index contributed by atoms with van der Waals surface area (Å²) in [5.74, 6) is -0.555. The Morgan fingerprint density at radius 1 is 1.00 bits per heavy atom. The second-order valence-corrected chi connectivity index (χ2v) is 9.29. The van der Waals surface area contributed by atoms with Crippen LogP contribution < -0.4 is 20.9 Å². The molecule has 1 aliphatic heterocycles. The number of nitrogens with one attached hydrogen (secondary N) is 3. The van der Waals surface area contributed by atoms with Gasteiger partial charge in [-0.2, -0.15) is 4.98 Å². The number of urea groups is 1. The number of halogens is 1. The third-order valence-corrected chi connectivity index (χ3v) is 6.73. The van der Waals surface area contributed by atoms with Crippen molar-refractivity contribution >= 4 is 46.3 Å². The number of carboxylic acid groups (broad SMARTS) is 1. The largest absolute Gasteiger partial charge is 0.465 e. The van der Waals surface area contributed by atoms with Gasteiger partial charge >= 0.3 is 12.1 Å². The van der Waals surface area contributed by atoms with Crippen molar-refractivity contribution < 1.29 is 19.1 Å². The highest BCUT2D eigenvalue weighted by Gasteiger charge is 2.21. The molecule has 0 radical (unpaired) electrons. The first-order valence-electron chi connectivity index (χ1n) is 12.5. The molecule has 3 amide bonds. The Balaban J connectivity index is 1.23. The van der Waals surface area contributed by atoms with E-state index in [1.165, 1.54) is 23.6 Å². The third kappa shape index (κ3) is 5.96.